The molecule has 1 amide bonds. The molecule has 0 radical (unpaired) electrons. The SMILES string of the molecule is NC(=S)CC(=O)N1CCC(CO)CC1. The number of nitrogens with zero attached hydrogens (tertiary/aromatic N) is 1. The van der Waals surface area contributed by atoms with Crippen LogP contribution >= 0.6 is 12.2 Å². The van der Waals surface area contributed by atoms with Crippen LogP contribution in [0.5, 0.6) is 0 Å². The van der Waals surface area contributed by atoms with E-state index in [1.165, 1.54) is 0 Å². The summed E-state index contributed by atoms with van der Waals surface area (Å²) in [6.07, 6.45) is 1.91. The molecule has 0 aromatic rings. The number of thiocarbonyl (C=S) groups is 1. The summed E-state index contributed by atoms with van der Waals surface area (Å²) in [6, 6.07) is 0. The Morgan fingerprint density at radius 2 is 2.07 bits per heavy atom. The van der Waals surface area contributed by atoms with Crippen molar-refractivity contribution in [2.24, 2.45) is 11.7 Å². The predicted molar refractivity (Wildman–Crippen MR) is 57.8 cm³/mol. The molecule has 1 fully saturated rings. The molecule has 1 aliphatic rings. The predicted octanol–water partition coefficient (Wildman–Crippen LogP) is -0.107. The van der Waals surface area contributed by atoms with Gasteiger partial charge in [0.1, 0.15) is 0 Å². The van der Waals surface area contributed by atoms with Crippen LogP contribution in [0.15, 0.2) is 0 Å². The zero-order valence-electron chi connectivity index (χ0n) is 8.11. The van der Waals surface area contributed by atoms with E-state index in [1.54, 1.807) is 4.90 Å². The Hall–Kier alpha value is -0.680. The summed E-state index contributed by atoms with van der Waals surface area (Å²) in [5.74, 6) is 0.359. The van der Waals surface area contributed by atoms with Crippen LogP contribution in [0.1, 0.15) is 19.3 Å². The average Bonchev–Trinajstić information content (AvgIpc) is 2.17. The van der Waals surface area contributed by atoms with Crippen molar-refractivity contribution in [3.05, 3.63) is 0 Å². The maximum Gasteiger partial charge on any atom is 0.229 e. The fourth-order valence-electron chi connectivity index (χ4n) is 1.63. The number of hydrogen-bond donors (Lipinski definition) is 2. The van der Waals surface area contributed by atoms with Crippen molar-refractivity contribution in [1.29, 1.82) is 0 Å². The average molecular weight is 216 g/mol. The highest BCUT2D eigenvalue weighted by molar-refractivity contribution is 7.80. The van der Waals surface area contributed by atoms with Gasteiger partial charge in [-0.05, 0) is 18.8 Å². The van der Waals surface area contributed by atoms with Gasteiger partial charge < -0.3 is 15.7 Å². The van der Waals surface area contributed by atoms with E-state index >= 15 is 0 Å². The lowest BCUT2D eigenvalue weighted by molar-refractivity contribution is -0.131. The summed E-state index contributed by atoms with van der Waals surface area (Å²) >= 11 is 4.68. The number of carbonyl (C=O) groups is 1. The Morgan fingerprint density at radius 3 is 2.50 bits per heavy atom. The molecule has 0 bridgehead atoms. The molecular weight excluding hydrogens is 200 g/mol. The highest BCUT2D eigenvalue weighted by Crippen LogP contribution is 2.16. The minimum Gasteiger partial charge on any atom is -0.396 e. The van der Waals surface area contributed by atoms with Gasteiger partial charge in [-0.15, -0.1) is 0 Å². The van der Waals surface area contributed by atoms with Crippen LogP contribution in [-0.4, -0.2) is 40.6 Å². The summed E-state index contributed by atoms with van der Waals surface area (Å²) < 4.78 is 0. The number of carbonyl (C=O) groups excluding carboxylic acids is 1. The molecule has 0 aromatic carbocycles. The second-order valence-corrected chi connectivity index (χ2v) is 4.17. The third-order valence-corrected chi connectivity index (χ3v) is 2.70. The van der Waals surface area contributed by atoms with Gasteiger partial charge in [0, 0.05) is 19.7 Å². The fourth-order valence-corrected chi connectivity index (χ4v) is 1.75. The molecule has 0 aliphatic carbocycles. The first-order valence-electron chi connectivity index (χ1n) is 4.80. The quantitative estimate of drug-likeness (QED) is 0.646. The summed E-state index contributed by atoms with van der Waals surface area (Å²) in [5, 5.41) is 8.92. The van der Waals surface area contributed by atoms with Crippen LogP contribution in [0.25, 0.3) is 0 Å². The number of amides is 1. The number of aliphatic hydroxyl groups excluding tert-OH is 1. The first kappa shape index (κ1) is 11.4. The summed E-state index contributed by atoms with van der Waals surface area (Å²) in [4.78, 5) is 13.5. The van der Waals surface area contributed by atoms with Crippen molar-refractivity contribution >= 4 is 23.1 Å². The van der Waals surface area contributed by atoms with E-state index < -0.39 is 0 Å². The molecule has 0 atom stereocenters. The summed E-state index contributed by atoms with van der Waals surface area (Å²) in [6.45, 7) is 1.65. The van der Waals surface area contributed by atoms with Crippen LogP contribution < -0.4 is 5.73 Å². The van der Waals surface area contributed by atoms with Crippen molar-refractivity contribution in [2.75, 3.05) is 19.7 Å². The zero-order chi connectivity index (χ0) is 10.6. The maximum absolute atomic E-state index is 11.5. The second-order valence-electron chi connectivity index (χ2n) is 3.65. The van der Waals surface area contributed by atoms with Gasteiger partial charge in [-0.1, -0.05) is 12.2 Å². The third-order valence-electron chi connectivity index (χ3n) is 2.55. The molecule has 0 unspecified atom stereocenters. The van der Waals surface area contributed by atoms with E-state index in [4.69, 9.17) is 10.8 Å². The first-order valence-corrected chi connectivity index (χ1v) is 5.21. The maximum atomic E-state index is 11.5. The highest BCUT2D eigenvalue weighted by atomic mass is 32.1. The van der Waals surface area contributed by atoms with Gasteiger partial charge in [0.2, 0.25) is 5.91 Å². The highest BCUT2D eigenvalue weighted by Gasteiger charge is 2.22. The van der Waals surface area contributed by atoms with Crippen molar-refractivity contribution < 1.29 is 9.90 Å². The van der Waals surface area contributed by atoms with Gasteiger partial charge in [0.15, 0.2) is 0 Å². The Kier molecular flexibility index (Phi) is 4.28. The molecule has 3 N–H and O–H groups in total. The molecular formula is C9H16N2O2S. The lowest BCUT2D eigenvalue weighted by Crippen LogP contribution is -2.40. The van der Waals surface area contributed by atoms with E-state index in [9.17, 15) is 4.79 Å². The van der Waals surface area contributed by atoms with Gasteiger partial charge in [-0.2, -0.15) is 0 Å². The molecule has 0 spiro atoms. The van der Waals surface area contributed by atoms with Crippen molar-refractivity contribution in [2.45, 2.75) is 19.3 Å². The van der Waals surface area contributed by atoms with Gasteiger partial charge in [0.05, 0.1) is 11.4 Å². The molecule has 14 heavy (non-hydrogen) atoms. The van der Waals surface area contributed by atoms with E-state index in [0.29, 0.717) is 19.0 Å². The zero-order valence-corrected chi connectivity index (χ0v) is 8.92. The van der Waals surface area contributed by atoms with Gasteiger partial charge in [-0.25, -0.2) is 0 Å². The molecule has 0 saturated carbocycles. The van der Waals surface area contributed by atoms with E-state index in [0.717, 1.165) is 12.8 Å². The Balaban J connectivity index is 2.34. The van der Waals surface area contributed by atoms with Gasteiger partial charge in [0.25, 0.3) is 0 Å². The minimum atomic E-state index is 0.00823. The van der Waals surface area contributed by atoms with Crippen LogP contribution in [0, 0.1) is 5.92 Å². The summed E-state index contributed by atoms with van der Waals surface area (Å²) in [5.41, 5.74) is 5.30. The van der Waals surface area contributed by atoms with Crippen molar-refractivity contribution in [3.63, 3.8) is 0 Å². The molecule has 4 nitrogen and oxygen atoms in total. The van der Waals surface area contributed by atoms with Crippen LogP contribution in [0.2, 0.25) is 0 Å². The topological polar surface area (TPSA) is 66.6 Å². The lowest BCUT2D eigenvalue weighted by Gasteiger charge is -2.31. The number of aliphatic hydroxyl groups is 1. The minimum absolute atomic E-state index is 0.00823. The van der Waals surface area contributed by atoms with E-state index in [-0.39, 0.29) is 23.9 Å². The third kappa shape index (κ3) is 3.23. The number of piperidine rings is 1. The second kappa shape index (κ2) is 5.26. The van der Waals surface area contributed by atoms with Crippen molar-refractivity contribution in [1.82, 2.24) is 4.90 Å². The molecule has 0 aromatic heterocycles. The molecule has 5 heteroatoms. The number of hydrogen-bond acceptors (Lipinski definition) is 3. The Bertz CT molecular complexity index is 225. The van der Waals surface area contributed by atoms with Crippen LogP contribution in [0.4, 0.5) is 0 Å². The monoisotopic (exact) mass is 216 g/mol. The molecule has 1 saturated heterocycles. The van der Waals surface area contributed by atoms with Crippen LogP contribution in [0.3, 0.4) is 0 Å². The van der Waals surface area contributed by atoms with Gasteiger partial charge >= 0.3 is 0 Å². The van der Waals surface area contributed by atoms with E-state index in [1.807, 2.05) is 0 Å². The summed E-state index contributed by atoms with van der Waals surface area (Å²) in [7, 11) is 0. The Labute approximate surface area is 89.1 Å². The molecule has 1 rings (SSSR count). The largest absolute Gasteiger partial charge is 0.396 e. The number of rotatable bonds is 3. The fraction of sp³-hybridized carbons (Fsp3) is 0.778. The van der Waals surface area contributed by atoms with Crippen molar-refractivity contribution in [3.8, 4) is 0 Å². The Morgan fingerprint density at radius 1 is 1.50 bits per heavy atom. The molecule has 1 heterocycles. The number of likely N-dealkylation sites (tertiary alicyclic amines) is 1. The first-order chi connectivity index (χ1) is 6.63. The normalized spacial score (nSPS) is 18.2. The molecule has 1 aliphatic heterocycles. The standard InChI is InChI=1S/C9H16N2O2S/c10-8(14)5-9(13)11-3-1-7(6-12)2-4-11/h7,12H,1-6H2,(H2,10,14). The van der Waals surface area contributed by atoms with Crippen LogP contribution in [-0.2, 0) is 4.79 Å². The van der Waals surface area contributed by atoms with E-state index in [2.05, 4.69) is 12.2 Å². The van der Waals surface area contributed by atoms with Gasteiger partial charge in [-0.3, -0.25) is 4.79 Å². The number of nitrogens with two attached hydrogens (primary N) is 1. The molecule has 80 valence electrons. The smallest absolute Gasteiger partial charge is 0.229 e. The lowest BCUT2D eigenvalue weighted by atomic mass is 9.98.